The molecule has 0 amide bonds. The molecule has 0 radical (unpaired) electrons. The number of carbonyl (C=O) groups excluding carboxylic acids is 1. The first kappa shape index (κ1) is 29.2. The molecule has 4 rings (SSSR count). The topological polar surface area (TPSA) is 26.3 Å². The Morgan fingerprint density at radius 1 is 0.973 bits per heavy atom. The molecule has 0 aromatic heterocycles. The second-order valence-corrected chi connectivity index (χ2v) is 14.8. The number of hydrogen-bond acceptors (Lipinski definition) is 2. The highest BCUT2D eigenvalue weighted by Crippen LogP contribution is 2.67. The Morgan fingerprint density at radius 3 is 2.46 bits per heavy atom. The number of carbonyl (C=O) groups is 1. The third-order valence-corrected chi connectivity index (χ3v) is 12.3. The maximum atomic E-state index is 12.9. The van der Waals surface area contributed by atoms with Gasteiger partial charge in [-0.15, -0.1) is 0 Å². The van der Waals surface area contributed by atoms with Gasteiger partial charge in [0, 0.05) is 6.42 Å². The summed E-state index contributed by atoms with van der Waals surface area (Å²) in [7, 11) is 0. The van der Waals surface area contributed by atoms with E-state index in [0.717, 1.165) is 74.0 Å². The molecule has 0 saturated heterocycles. The molecule has 3 saturated carbocycles. The second kappa shape index (κ2) is 12.2. The predicted molar refractivity (Wildman–Crippen MR) is 156 cm³/mol. The number of ether oxygens (including phenoxy) is 1. The van der Waals surface area contributed by atoms with Gasteiger partial charge in [-0.3, -0.25) is 4.79 Å². The Bertz CT molecular complexity index is 797. The highest BCUT2D eigenvalue weighted by atomic mass is 16.5. The Kier molecular flexibility index (Phi) is 9.60. The molecule has 0 aromatic carbocycles. The highest BCUT2D eigenvalue weighted by molar-refractivity contribution is 5.72. The summed E-state index contributed by atoms with van der Waals surface area (Å²) in [6.45, 7) is 17.0. The lowest BCUT2D eigenvalue weighted by atomic mass is 9.47. The summed E-state index contributed by atoms with van der Waals surface area (Å²) in [6.07, 6.45) is 21.5. The Morgan fingerprint density at radius 2 is 1.76 bits per heavy atom. The van der Waals surface area contributed by atoms with Gasteiger partial charge in [0.25, 0.3) is 0 Å². The fourth-order valence-electron chi connectivity index (χ4n) is 9.95. The minimum Gasteiger partial charge on any atom is -0.462 e. The van der Waals surface area contributed by atoms with Gasteiger partial charge < -0.3 is 4.74 Å². The van der Waals surface area contributed by atoms with E-state index >= 15 is 0 Å². The summed E-state index contributed by atoms with van der Waals surface area (Å²) in [5.41, 5.74) is 2.53. The van der Waals surface area contributed by atoms with Crippen LogP contribution in [0.1, 0.15) is 145 Å². The summed E-state index contributed by atoms with van der Waals surface area (Å²) >= 11 is 0. The molecule has 0 bridgehead atoms. The van der Waals surface area contributed by atoms with Crippen molar-refractivity contribution in [1.29, 1.82) is 0 Å². The first-order valence-electron chi connectivity index (χ1n) is 16.5. The predicted octanol–water partition coefficient (Wildman–Crippen LogP) is 10.2. The van der Waals surface area contributed by atoms with Crippen LogP contribution in [0.4, 0.5) is 0 Å². The van der Waals surface area contributed by atoms with Crippen LogP contribution in [0.3, 0.4) is 0 Å². The van der Waals surface area contributed by atoms with Crippen molar-refractivity contribution in [2.45, 2.75) is 151 Å². The molecular weight excluding hydrogens is 452 g/mol. The standard InChI is InChI=1S/C35H60O2/c1-8-10-14-26(9-2)33(36)37-28-19-21-34(6)27(23-28)15-16-29-31-18-17-30(25(5)13-11-12-24(3)4)35(31,7)22-20-32(29)34/h15,24-26,28-32H,8-14,16-23H2,1-7H3. The van der Waals surface area contributed by atoms with Crippen LogP contribution < -0.4 is 0 Å². The van der Waals surface area contributed by atoms with E-state index < -0.39 is 0 Å². The molecule has 0 aliphatic heterocycles. The van der Waals surface area contributed by atoms with Gasteiger partial charge in [-0.25, -0.2) is 0 Å². The number of rotatable bonds is 11. The summed E-state index contributed by atoms with van der Waals surface area (Å²) in [5.74, 6) is 5.44. The van der Waals surface area contributed by atoms with Gasteiger partial charge in [0.1, 0.15) is 6.10 Å². The molecule has 9 atom stereocenters. The van der Waals surface area contributed by atoms with Crippen LogP contribution in [0.15, 0.2) is 11.6 Å². The van der Waals surface area contributed by atoms with Crippen LogP contribution in [0, 0.1) is 52.3 Å². The molecule has 2 heteroatoms. The number of allylic oxidation sites excluding steroid dienone is 1. The third kappa shape index (κ3) is 5.89. The van der Waals surface area contributed by atoms with Gasteiger partial charge in [-0.2, -0.15) is 0 Å². The monoisotopic (exact) mass is 512 g/mol. The Hall–Kier alpha value is -0.790. The van der Waals surface area contributed by atoms with Gasteiger partial charge in [-0.05, 0) is 104 Å². The molecule has 0 aromatic rings. The van der Waals surface area contributed by atoms with Gasteiger partial charge in [0.2, 0.25) is 0 Å². The average Bonchev–Trinajstić information content (AvgIpc) is 3.21. The van der Waals surface area contributed by atoms with Gasteiger partial charge in [0.15, 0.2) is 0 Å². The summed E-state index contributed by atoms with van der Waals surface area (Å²) in [4.78, 5) is 12.9. The third-order valence-electron chi connectivity index (χ3n) is 12.3. The van der Waals surface area contributed by atoms with Crippen LogP contribution in [0.25, 0.3) is 0 Å². The van der Waals surface area contributed by atoms with Crippen molar-refractivity contribution in [2.24, 2.45) is 52.3 Å². The number of hydrogen-bond donors (Lipinski definition) is 0. The Labute approximate surface area is 230 Å². The van der Waals surface area contributed by atoms with E-state index in [1.54, 1.807) is 5.57 Å². The molecule has 0 spiro atoms. The zero-order valence-corrected chi connectivity index (χ0v) is 25.6. The van der Waals surface area contributed by atoms with Crippen molar-refractivity contribution < 1.29 is 9.53 Å². The molecule has 0 N–H and O–H groups in total. The van der Waals surface area contributed by atoms with E-state index in [0.29, 0.717) is 10.8 Å². The molecule has 2 nitrogen and oxygen atoms in total. The molecule has 37 heavy (non-hydrogen) atoms. The molecule has 9 unspecified atom stereocenters. The van der Waals surface area contributed by atoms with Crippen LogP contribution >= 0.6 is 0 Å². The van der Waals surface area contributed by atoms with E-state index in [1.807, 2.05) is 0 Å². The average molecular weight is 513 g/mol. The lowest BCUT2D eigenvalue weighted by molar-refractivity contribution is -0.157. The summed E-state index contributed by atoms with van der Waals surface area (Å²) in [5, 5.41) is 0. The fourth-order valence-corrected chi connectivity index (χ4v) is 9.95. The summed E-state index contributed by atoms with van der Waals surface area (Å²) < 4.78 is 6.16. The quantitative estimate of drug-likeness (QED) is 0.203. The van der Waals surface area contributed by atoms with Crippen molar-refractivity contribution in [3.05, 3.63) is 11.6 Å². The normalized spacial score (nSPS) is 38.8. The number of fused-ring (bicyclic) bond motifs is 5. The molecular formula is C35H60O2. The first-order valence-corrected chi connectivity index (χ1v) is 16.5. The molecule has 3 fully saturated rings. The highest BCUT2D eigenvalue weighted by Gasteiger charge is 2.59. The minimum absolute atomic E-state index is 0.0757. The van der Waals surface area contributed by atoms with E-state index in [9.17, 15) is 4.79 Å². The maximum Gasteiger partial charge on any atom is 0.309 e. The van der Waals surface area contributed by atoms with Crippen molar-refractivity contribution in [2.75, 3.05) is 0 Å². The Balaban J connectivity index is 1.40. The molecule has 4 aliphatic carbocycles. The van der Waals surface area contributed by atoms with Crippen molar-refractivity contribution in [1.82, 2.24) is 0 Å². The maximum absolute atomic E-state index is 12.9. The largest absolute Gasteiger partial charge is 0.462 e. The van der Waals surface area contributed by atoms with E-state index in [-0.39, 0.29) is 18.0 Å². The van der Waals surface area contributed by atoms with Crippen molar-refractivity contribution in [3.63, 3.8) is 0 Å². The lowest BCUT2D eigenvalue weighted by Crippen LogP contribution is -2.51. The first-order chi connectivity index (χ1) is 17.6. The SMILES string of the molecule is CCCCC(CC)C(=O)OC1CCC2(C)C(=CCC3C2CCC2(C)C(C(C)CCCC(C)C)CCC32)C1. The van der Waals surface area contributed by atoms with Crippen molar-refractivity contribution in [3.8, 4) is 0 Å². The summed E-state index contributed by atoms with van der Waals surface area (Å²) in [6, 6.07) is 0. The number of unbranched alkanes of at least 4 members (excludes halogenated alkanes) is 1. The zero-order valence-electron chi connectivity index (χ0n) is 25.6. The smallest absolute Gasteiger partial charge is 0.309 e. The molecule has 4 aliphatic rings. The zero-order chi connectivity index (χ0) is 26.8. The van der Waals surface area contributed by atoms with Gasteiger partial charge in [0.05, 0.1) is 5.92 Å². The minimum atomic E-state index is 0.0757. The second-order valence-electron chi connectivity index (χ2n) is 14.8. The number of esters is 1. The van der Waals surface area contributed by atoms with Gasteiger partial charge >= 0.3 is 5.97 Å². The molecule has 212 valence electrons. The van der Waals surface area contributed by atoms with Crippen LogP contribution in [-0.2, 0) is 9.53 Å². The fraction of sp³-hybridized carbons (Fsp3) is 0.914. The van der Waals surface area contributed by atoms with Gasteiger partial charge in [-0.1, -0.05) is 92.2 Å². The van der Waals surface area contributed by atoms with Crippen LogP contribution in [0.5, 0.6) is 0 Å². The van der Waals surface area contributed by atoms with Crippen LogP contribution in [-0.4, -0.2) is 12.1 Å². The van der Waals surface area contributed by atoms with E-state index in [4.69, 9.17) is 4.74 Å². The van der Waals surface area contributed by atoms with Crippen LogP contribution in [0.2, 0.25) is 0 Å². The van der Waals surface area contributed by atoms with E-state index in [2.05, 4.69) is 54.5 Å². The van der Waals surface area contributed by atoms with Crippen molar-refractivity contribution >= 4 is 5.97 Å². The molecule has 0 heterocycles. The lowest BCUT2D eigenvalue weighted by Gasteiger charge is -2.58. The van der Waals surface area contributed by atoms with E-state index in [1.165, 1.54) is 57.8 Å².